The van der Waals surface area contributed by atoms with Crippen molar-refractivity contribution < 1.29 is 28.5 Å². The molecule has 0 fully saturated rings. The number of carbonyl (C=O) groups is 1. The van der Waals surface area contributed by atoms with Crippen LogP contribution in [0.3, 0.4) is 0 Å². The number of hydrogen-bond donors (Lipinski definition) is 3. The number of aliphatic hydroxyl groups excluding tert-OH is 2. The van der Waals surface area contributed by atoms with E-state index in [1.165, 1.54) is 24.3 Å². The van der Waals surface area contributed by atoms with Crippen LogP contribution < -0.4 is 5.32 Å². The van der Waals surface area contributed by atoms with Gasteiger partial charge in [-0.25, -0.2) is 13.6 Å². The molecule has 0 aliphatic rings. The van der Waals surface area contributed by atoms with Gasteiger partial charge in [-0.2, -0.15) is 0 Å². The van der Waals surface area contributed by atoms with Gasteiger partial charge < -0.3 is 20.3 Å². The maximum atomic E-state index is 12.9. The number of aliphatic hydroxyl groups is 2. The van der Waals surface area contributed by atoms with Crippen LogP contribution in [-0.4, -0.2) is 34.6 Å². The van der Waals surface area contributed by atoms with Gasteiger partial charge in [-0.1, -0.05) is 24.3 Å². The number of amides is 1. The zero-order chi connectivity index (χ0) is 16.9. The molecule has 2 unspecified atom stereocenters. The van der Waals surface area contributed by atoms with Crippen molar-refractivity contribution in [2.45, 2.75) is 45.0 Å². The Morgan fingerprint density at radius 2 is 1.77 bits per heavy atom. The van der Waals surface area contributed by atoms with Crippen LogP contribution >= 0.6 is 0 Å². The molecule has 0 aliphatic heterocycles. The minimum Gasteiger partial charge on any atom is -0.444 e. The van der Waals surface area contributed by atoms with Gasteiger partial charge in [0.05, 0.1) is 0 Å². The van der Waals surface area contributed by atoms with Crippen molar-refractivity contribution in [1.29, 1.82) is 0 Å². The van der Waals surface area contributed by atoms with E-state index in [1.54, 1.807) is 20.8 Å². The predicted molar refractivity (Wildman–Crippen MR) is 76.6 cm³/mol. The molecule has 7 heteroatoms. The summed E-state index contributed by atoms with van der Waals surface area (Å²) in [4.78, 5) is 11.5. The first-order valence-corrected chi connectivity index (χ1v) is 6.82. The molecule has 1 aromatic carbocycles. The van der Waals surface area contributed by atoms with E-state index in [2.05, 4.69) is 5.32 Å². The van der Waals surface area contributed by atoms with Gasteiger partial charge in [0.1, 0.15) is 17.8 Å². The van der Waals surface area contributed by atoms with E-state index in [0.717, 1.165) is 0 Å². The summed E-state index contributed by atoms with van der Waals surface area (Å²) in [6.45, 7) is 4.71. The van der Waals surface area contributed by atoms with Gasteiger partial charge in [0, 0.05) is 12.1 Å². The first-order valence-electron chi connectivity index (χ1n) is 6.82. The van der Waals surface area contributed by atoms with Crippen LogP contribution in [0, 0.1) is 0 Å². The average molecular weight is 317 g/mol. The van der Waals surface area contributed by atoms with E-state index >= 15 is 0 Å². The zero-order valence-electron chi connectivity index (χ0n) is 12.7. The molecular weight excluding hydrogens is 296 g/mol. The number of benzene rings is 1. The summed E-state index contributed by atoms with van der Waals surface area (Å²) < 4.78 is 30.7. The minimum atomic E-state index is -2.77. The first kappa shape index (κ1) is 18.3. The Morgan fingerprint density at radius 1 is 1.23 bits per heavy atom. The van der Waals surface area contributed by atoms with Crippen molar-refractivity contribution in [2.75, 3.05) is 6.54 Å². The van der Waals surface area contributed by atoms with Gasteiger partial charge in [0.25, 0.3) is 6.43 Å². The molecule has 1 rings (SSSR count). The molecule has 22 heavy (non-hydrogen) atoms. The lowest BCUT2D eigenvalue weighted by Crippen LogP contribution is -2.39. The van der Waals surface area contributed by atoms with E-state index in [4.69, 9.17) is 4.74 Å². The maximum Gasteiger partial charge on any atom is 0.407 e. The van der Waals surface area contributed by atoms with Crippen molar-refractivity contribution in [2.24, 2.45) is 0 Å². The highest BCUT2D eigenvalue weighted by Gasteiger charge is 2.25. The Balaban J connectivity index is 2.66. The Hall–Kier alpha value is -1.73. The van der Waals surface area contributed by atoms with E-state index < -0.39 is 30.3 Å². The van der Waals surface area contributed by atoms with Crippen molar-refractivity contribution in [3.63, 3.8) is 0 Å². The Labute approximate surface area is 127 Å². The molecule has 0 saturated carbocycles. The molecule has 1 amide bonds. The van der Waals surface area contributed by atoms with Crippen molar-refractivity contribution >= 4 is 6.09 Å². The third-order valence-corrected chi connectivity index (χ3v) is 2.77. The van der Waals surface area contributed by atoms with E-state index in [0.29, 0.717) is 0 Å². The van der Waals surface area contributed by atoms with Crippen LogP contribution in [-0.2, 0) is 4.74 Å². The van der Waals surface area contributed by atoms with Gasteiger partial charge in [-0.15, -0.1) is 0 Å². The molecule has 0 aromatic heterocycles. The standard InChI is InChI=1S/C15H21F2NO4/c1-15(2,3)22-14(21)18-8-11(19)12(20)9-6-4-5-7-10(9)13(16)17/h4-7,11-13,19-20H,8H2,1-3H3,(H,18,21). The number of carbonyl (C=O) groups excluding carboxylic acids is 1. The van der Waals surface area contributed by atoms with Crippen LogP contribution in [0.25, 0.3) is 0 Å². The summed E-state index contributed by atoms with van der Waals surface area (Å²) in [5, 5.41) is 22.1. The fourth-order valence-corrected chi connectivity index (χ4v) is 1.80. The molecule has 2 atom stereocenters. The van der Waals surface area contributed by atoms with Gasteiger partial charge in [0.2, 0.25) is 0 Å². The molecule has 0 saturated heterocycles. The number of ether oxygens (including phenoxy) is 1. The third-order valence-electron chi connectivity index (χ3n) is 2.77. The first-order chi connectivity index (χ1) is 10.1. The predicted octanol–water partition coefficient (Wildman–Crippen LogP) is 2.54. The number of rotatable bonds is 5. The average Bonchev–Trinajstić information content (AvgIpc) is 2.42. The number of nitrogens with one attached hydrogen (secondary N) is 1. The lowest BCUT2D eigenvalue weighted by Gasteiger charge is -2.23. The second kappa shape index (κ2) is 7.51. The Bertz CT molecular complexity index is 503. The molecule has 1 aromatic rings. The Kier molecular flexibility index (Phi) is 6.25. The zero-order valence-corrected chi connectivity index (χ0v) is 12.7. The smallest absolute Gasteiger partial charge is 0.407 e. The SMILES string of the molecule is CC(C)(C)OC(=O)NCC(O)C(O)c1ccccc1C(F)F. The molecular formula is C15H21F2NO4. The molecule has 0 spiro atoms. The summed E-state index contributed by atoms with van der Waals surface area (Å²) in [6, 6.07) is 5.39. The van der Waals surface area contributed by atoms with Gasteiger partial charge in [-0.3, -0.25) is 0 Å². The fourth-order valence-electron chi connectivity index (χ4n) is 1.80. The summed E-state index contributed by atoms with van der Waals surface area (Å²) in [7, 11) is 0. The largest absolute Gasteiger partial charge is 0.444 e. The molecule has 3 N–H and O–H groups in total. The molecule has 124 valence electrons. The molecule has 0 bridgehead atoms. The topological polar surface area (TPSA) is 78.8 Å². The lowest BCUT2D eigenvalue weighted by atomic mass is 9.99. The second-order valence-electron chi connectivity index (χ2n) is 5.82. The van der Waals surface area contributed by atoms with E-state index in [9.17, 15) is 23.8 Å². The molecule has 0 radical (unpaired) electrons. The quantitative estimate of drug-likeness (QED) is 0.780. The summed E-state index contributed by atoms with van der Waals surface area (Å²) in [5.74, 6) is 0. The number of halogens is 2. The highest BCUT2D eigenvalue weighted by molar-refractivity contribution is 5.67. The van der Waals surface area contributed by atoms with E-state index in [-0.39, 0.29) is 17.7 Å². The summed E-state index contributed by atoms with van der Waals surface area (Å²) in [6.07, 6.45) is -6.51. The highest BCUT2D eigenvalue weighted by atomic mass is 19.3. The highest BCUT2D eigenvalue weighted by Crippen LogP contribution is 2.28. The maximum absolute atomic E-state index is 12.9. The van der Waals surface area contributed by atoms with Gasteiger partial charge >= 0.3 is 6.09 Å². The van der Waals surface area contributed by atoms with Crippen LogP contribution in [0.5, 0.6) is 0 Å². The van der Waals surface area contributed by atoms with Crippen molar-refractivity contribution in [1.82, 2.24) is 5.32 Å². The normalized spacial score (nSPS) is 14.5. The van der Waals surface area contributed by atoms with E-state index in [1.807, 2.05) is 0 Å². The number of hydrogen-bond acceptors (Lipinski definition) is 4. The van der Waals surface area contributed by atoms with Gasteiger partial charge in [-0.05, 0) is 26.3 Å². The van der Waals surface area contributed by atoms with Crippen molar-refractivity contribution in [3.05, 3.63) is 35.4 Å². The fraction of sp³-hybridized carbons (Fsp3) is 0.533. The molecule has 0 heterocycles. The molecule has 5 nitrogen and oxygen atoms in total. The lowest BCUT2D eigenvalue weighted by molar-refractivity contribution is 0.0107. The van der Waals surface area contributed by atoms with Crippen LogP contribution in [0.1, 0.15) is 44.4 Å². The summed E-state index contributed by atoms with van der Waals surface area (Å²) >= 11 is 0. The second-order valence-corrected chi connectivity index (χ2v) is 5.82. The van der Waals surface area contributed by atoms with Gasteiger partial charge in [0.15, 0.2) is 0 Å². The monoisotopic (exact) mass is 317 g/mol. The Morgan fingerprint density at radius 3 is 2.27 bits per heavy atom. The van der Waals surface area contributed by atoms with Crippen LogP contribution in [0.15, 0.2) is 24.3 Å². The van der Waals surface area contributed by atoms with Crippen LogP contribution in [0.2, 0.25) is 0 Å². The number of alkyl carbamates (subject to hydrolysis) is 1. The third kappa shape index (κ3) is 5.57. The number of alkyl halides is 2. The minimum absolute atomic E-state index is 0.0732. The van der Waals surface area contributed by atoms with Crippen molar-refractivity contribution in [3.8, 4) is 0 Å². The summed E-state index contributed by atoms with van der Waals surface area (Å²) in [5.41, 5.74) is -1.13. The molecule has 0 aliphatic carbocycles. The van der Waals surface area contributed by atoms with Crippen LogP contribution in [0.4, 0.5) is 13.6 Å².